The molecule has 0 spiro atoms. The van der Waals surface area contributed by atoms with Crippen LogP contribution in [-0.4, -0.2) is 29.3 Å². The maximum absolute atomic E-state index is 13.2. The Hall–Kier alpha value is -1.86. The number of benzene rings is 1. The number of hydrogen-bond donors (Lipinski definition) is 1. The monoisotopic (exact) mass is 295 g/mol. The summed E-state index contributed by atoms with van der Waals surface area (Å²) in [4.78, 5) is 4.13. The van der Waals surface area contributed by atoms with Crippen molar-refractivity contribution in [2.45, 2.75) is 25.6 Å². The molecule has 1 saturated heterocycles. The molecule has 0 atom stereocenters. The van der Waals surface area contributed by atoms with Crippen molar-refractivity contribution in [1.29, 1.82) is 0 Å². The maximum Gasteiger partial charge on any atom is 0.252 e. The van der Waals surface area contributed by atoms with Crippen LogP contribution in [0.15, 0.2) is 22.7 Å². The van der Waals surface area contributed by atoms with E-state index < -0.39 is 11.6 Å². The zero-order valence-corrected chi connectivity index (χ0v) is 11.3. The lowest BCUT2D eigenvalue weighted by molar-refractivity contribution is 0.00859. The molecule has 2 heterocycles. The lowest BCUT2D eigenvalue weighted by atomic mass is 10.1. The fourth-order valence-corrected chi connectivity index (χ4v) is 2.22. The van der Waals surface area contributed by atoms with E-state index in [0.717, 1.165) is 38.1 Å². The van der Waals surface area contributed by atoms with Crippen LogP contribution in [0.3, 0.4) is 0 Å². The summed E-state index contributed by atoms with van der Waals surface area (Å²) < 4.78 is 36.8. The molecule has 112 valence electrons. The van der Waals surface area contributed by atoms with Crippen molar-refractivity contribution in [1.82, 2.24) is 15.5 Å². The van der Waals surface area contributed by atoms with Crippen LogP contribution in [0, 0.1) is 11.6 Å². The third-order valence-corrected chi connectivity index (χ3v) is 3.37. The third kappa shape index (κ3) is 3.43. The molecular weight excluding hydrogens is 280 g/mol. The maximum atomic E-state index is 13.2. The summed E-state index contributed by atoms with van der Waals surface area (Å²) in [5, 5.41) is 7.00. The van der Waals surface area contributed by atoms with Gasteiger partial charge in [-0.15, -0.1) is 0 Å². The van der Waals surface area contributed by atoms with Crippen molar-refractivity contribution in [3.63, 3.8) is 0 Å². The van der Waals surface area contributed by atoms with Crippen molar-refractivity contribution in [3.8, 4) is 11.4 Å². The lowest BCUT2D eigenvalue weighted by Crippen LogP contribution is -2.32. The normalized spacial score (nSPS) is 16.3. The molecule has 21 heavy (non-hydrogen) atoms. The predicted molar refractivity (Wildman–Crippen MR) is 70.3 cm³/mol. The molecule has 1 fully saturated rings. The van der Waals surface area contributed by atoms with E-state index in [2.05, 4.69) is 15.5 Å². The average molecular weight is 295 g/mol. The molecule has 0 aliphatic carbocycles. The highest BCUT2D eigenvalue weighted by molar-refractivity contribution is 5.54. The minimum atomic E-state index is -0.940. The molecule has 1 aromatic carbocycles. The SMILES string of the molecule is Fc1ccc(-c2noc(COC3CCNCC3)n2)cc1F. The highest BCUT2D eigenvalue weighted by Gasteiger charge is 2.16. The molecule has 1 aliphatic heterocycles. The van der Waals surface area contributed by atoms with Gasteiger partial charge < -0.3 is 14.6 Å². The van der Waals surface area contributed by atoms with E-state index >= 15 is 0 Å². The second-order valence-corrected chi connectivity index (χ2v) is 4.90. The van der Waals surface area contributed by atoms with Gasteiger partial charge in [0.15, 0.2) is 11.6 Å². The number of nitrogens with zero attached hydrogens (tertiary/aromatic N) is 2. The summed E-state index contributed by atoms with van der Waals surface area (Å²) in [6, 6.07) is 3.48. The topological polar surface area (TPSA) is 60.2 Å². The Labute approximate surface area is 120 Å². The van der Waals surface area contributed by atoms with Gasteiger partial charge in [-0.2, -0.15) is 4.98 Å². The Morgan fingerprint density at radius 2 is 2.05 bits per heavy atom. The predicted octanol–water partition coefficient (Wildman–Crippen LogP) is 2.28. The standard InChI is InChI=1S/C14H15F2N3O2/c15-11-2-1-9(7-12(11)16)14-18-13(21-19-14)8-20-10-3-5-17-6-4-10/h1-2,7,10,17H,3-6,8H2. The van der Waals surface area contributed by atoms with E-state index in [9.17, 15) is 8.78 Å². The molecule has 7 heteroatoms. The number of piperidine rings is 1. The second kappa shape index (κ2) is 6.28. The van der Waals surface area contributed by atoms with Gasteiger partial charge in [-0.25, -0.2) is 8.78 Å². The Kier molecular flexibility index (Phi) is 4.21. The van der Waals surface area contributed by atoms with E-state index in [1.54, 1.807) is 0 Å². The lowest BCUT2D eigenvalue weighted by Gasteiger charge is -2.21. The largest absolute Gasteiger partial charge is 0.368 e. The number of halogens is 2. The average Bonchev–Trinajstić information content (AvgIpc) is 2.98. The zero-order valence-electron chi connectivity index (χ0n) is 11.3. The summed E-state index contributed by atoms with van der Waals surface area (Å²) in [5.74, 6) is -1.30. The van der Waals surface area contributed by atoms with Crippen LogP contribution in [0.2, 0.25) is 0 Å². The highest BCUT2D eigenvalue weighted by Crippen LogP contribution is 2.19. The molecule has 3 rings (SSSR count). The quantitative estimate of drug-likeness (QED) is 0.937. The first kappa shape index (κ1) is 14.1. The van der Waals surface area contributed by atoms with Gasteiger partial charge in [0.2, 0.25) is 5.82 Å². The summed E-state index contributed by atoms with van der Waals surface area (Å²) in [6.07, 6.45) is 2.08. The second-order valence-electron chi connectivity index (χ2n) is 4.90. The van der Waals surface area contributed by atoms with Crippen LogP contribution >= 0.6 is 0 Å². The Morgan fingerprint density at radius 3 is 2.81 bits per heavy atom. The van der Waals surface area contributed by atoms with E-state index in [1.165, 1.54) is 6.07 Å². The van der Waals surface area contributed by atoms with Gasteiger partial charge in [-0.1, -0.05) is 5.16 Å². The number of rotatable bonds is 4. The van der Waals surface area contributed by atoms with Crippen molar-refractivity contribution >= 4 is 0 Å². The van der Waals surface area contributed by atoms with E-state index in [4.69, 9.17) is 9.26 Å². The van der Waals surface area contributed by atoms with E-state index in [-0.39, 0.29) is 18.5 Å². The van der Waals surface area contributed by atoms with Crippen LogP contribution < -0.4 is 5.32 Å². The number of nitrogens with one attached hydrogen (secondary N) is 1. The molecule has 1 N–H and O–H groups in total. The third-order valence-electron chi connectivity index (χ3n) is 3.37. The van der Waals surface area contributed by atoms with Crippen LogP contribution in [-0.2, 0) is 11.3 Å². The van der Waals surface area contributed by atoms with Crippen LogP contribution in [0.4, 0.5) is 8.78 Å². The van der Waals surface area contributed by atoms with Gasteiger partial charge in [0.25, 0.3) is 5.89 Å². The minimum Gasteiger partial charge on any atom is -0.368 e. The number of ether oxygens (including phenoxy) is 1. The first-order valence-corrected chi connectivity index (χ1v) is 6.83. The van der Waals surface area contributed by atoms with Crippen LogP contribution in [0.5, 0.6) is 0 Å². The molecule has 0 saturated carbocycles. The Balaban J connectivity index is 1.63. The molecule has 2 aromatic rings. The van der Waals surface area contributed by atoms with Gasteiger partial charge in [0, 0.05) is 5.56 Å². The fraction of sp³-hybridized carbons (Fsp3) is 0.429. The fourth-order valence-electron chi connectivity index (χ4n) is 2.22. The Morgan fingerprint density at radius 1 is 1.24 bits per heavy atom. The molecule has 5 nitrogen and oxygen atoms in total. The Bertz CT molecular complexity index is 612. The van der Waals surface area contributed by atoms with Crippen molar-refractivity contribution in [3.05, 3.63) is 35.7 Å². The molecule has 0 unspecified atom stereocenters. The van der Waals surface area contributed by atoms with Gasteiger partial charge >= 0.3 is 0 Å². The van der Waals surface area contributed by atoms with E-state index in [1.807, 2.05) is 0 Å². The summed E-state index contributed by atoms with van der Waals surface area (Å²) >= 11 is 0. The van der Waals surface area contributed by atoms with Crippen molar-refractivity contribution in [2.24, 2.45) is 0 Å². The van der Waals surface area contributed by atoms with Gasteiger partial charge in [-0.3, -0.25) is 0 Å². The summed E-state index contributed by atoms with van der Waals surface area (Å²) in [7, 11) is 0. The smallest absolute Gasteiger partial charge is 0.252 e. The number of aromatic nitrogens is 2. The molecule has 1 aromatic heterocycles. The van der Waals surface area contributed by atoms with Gasteiger partial charge in [-0.05, 0) is 44.1 Å². The molecule has 0 radical (unpaired) electrons. The minimum absolute atomic E-state index is 0.185. The first-order valence-electron chi connectivity index (χ1n) is 6.83. The van der Waals surface area contributed by atoms with Gasteiger partial charge in [0.05, 0.1) is 6.10 Å². The van der Waals surface area contributed by atoms with Crippen LogP contribution in [0.25, 0.3) is 11.4 Å². The molecule has 0 amide bonds. The summed E-state index contributed by atoms with van der Waals surface area (Å²) in [6.45, 7) is 2.10. The van der Waals surface area contributed by atoms with E-state index in [0.29, 0.717) is 11.5 Å². The highest BCUT2D eigenvalue weighted by atomic mass is 19.2. The molecular formula is C14H15F2N3O2. The van der Waals surface area contributed by atoms with Crippen molar-refractivity contribution in [2.75, 3.05) is 13.1 Å². The first-order chi connectivity index (χ1) is 10.2. The van der Waals surface area contributed by atoms with Gasteiger partial charge in [0.1, 0.15) is 6.61 Å². The molecule has 0 bridgehead atoms. The van der Waals surface area contributed by atoms with Crippen molar-refractivity contribution < 1.29 is 18.0 Å². The molecule has 1 aliphatic rings. The van der Waals surface area contributed by atoms with Crippen LogP contribution in [0.1, 0.15) is 18.7 Å². The number of hydrogen-bond acceptors (Lipinski definition) is 5. The summed E-state index contributed by atoms with van der Waals surface area (Å²) in [5.41, 5.74) is 0.366. The zero-order chi connectivity index (χ0) is 14.7.